The minimum atomic E-state index is -3.88. The van der Waals surface area contributed by atoms with Gasteiger partial charge in [0.05, 0.1) is 13.7 Å². The number of ether oxygens (including phenoxy) is 3. The van der Waals surface area contributed by atoms with E-state index >= 15 is 0 Å². The molecule has 0 saturated carbocycles. The van der Waals surface area contributed by atoms with E-state index in [9.17, 15) is 12.8 Å². The van der Waals surface area contributed by atoms with Crippen LogP contribution in [-0.2, 0) is 16.4 Å². The normalized spacial score (nSPS) is 12.4. The number of nitrogens with one attached hydrogen (secondary N) is 1. The molecule has 2 aromatic rings. The molecule has 29 heavy (non-hydrogen) atoms. The molecule has 0 spiro atoms. The Bertz CT molecular complexity index is 921. The highest BCUT2D eigenvalue weighted by Crippen LogP contribution is 2.28. The molecule has 2 rings (SSSR count). The highest BCUT2D eigenvalue weighted by molar-refractivity contribution is 7.89. The molecular formula is C20H27FN2O5S. The number of halogens is 1. The lowest BCUT2D eigenvalue weighted by Crippen LogP contribution is -2.32. The maximum atomic E-state index is 13.4. The highest BCUT2D eigenvalue weighted by atomic mass is 32.2. The molecule has 2 aromatic carbocycles. The van der Waals surface area contributed by atoms with Crippen LogP contribution in [0.2, 0.25) is 0 Å². The van der Waals surface area contributed by atoms with Gasteiger partial charge < -0.3 is 19.5 Å². The first-order valence-electron chi connectivity index (χ1n) is 9.22. The maximum absolute atomic E-state index is 13.4. The van der Waals surface area contributed by atoms with E-state index in [-0.39, 0.29) is 16.7 Å². The van der Waals surface area contributed by atoms with E-state index in [1.54, 1.807) is 12.1 Å². The summed E-state index contributed by atoms with van der Waals surface area (Å²) in [6.07, 6.45) is 0.580. The second kappa shape index (κ2) is 10.4. The number of primary sulfonamides is 1. The first-order valence-corrected chi connectivity index (χ1v) is 10.8. The van der Waals surface area contributed by atoms with Crippen LogP contribution in [0.15, 0.2) is 41.3 Å². The Morgan fingerprint density at radius 1 is 1.10 bits per heavy atom. The molecule has 0 amide bonds. The number of sulfonamides is 1. The summed E-state index contributed by atoms with van der Waals surface area (Å²) >= 11 is 0. The third kappa shape index (κ3) is 6.88. The van der Waals surface area contributed by atoms with Crippen LogP contribution in [0.4, 0.5) is 4.39 Å². The molecule has 1 unspecified atom stereocenters. The average Bonchev–Trinajstić information content (AvgIpc) is 2.66. The van der Waals surface area contributed by atoms with Crippen LogP contribution in [0.3, 0.4) is 0 Å². The van der Waals surface area contributed by atoms with Gasteiger partial charge in [0.2, 0.25) is 10.0 Å². The Morgan fingerprint density at radius 2 is 1.83 bits per heavy atom. The van der Waals surface area contributed by atoms with Crippen LogP contribution in [0, 0.1) is 5.82 Å². The van der Waals surface area contributed by atoms with Crippen molar-refractivity contribution in [1.29, 1.82) is 0 Å². The molecule has 7 nitrogen and oxygen atoms in total. The zero-order valence-electron chi connectivity index (χ0n) is 16.8. The van der Waals surface area contributed by atoms with E-state index in [1.165, 1.54) is 31.4 Å². The van der Waals surface area contributed by atoms with Crippen molar-refractivity contribution >= 4 is 10.0 Å². The number of nitrogens with two attached hydrogens (primary N) is 1. The summed E-state index contributed by atoms with van der Waals surface area (Å²) in [5, 5.41) is 8.54. The fourth-order valence-electron chi connectivity index (χ4n) is 2.83. The summed E-state index contributed by atoms with van der Waals surface area (Å²) < 4.78 is 53.0. The van der Waals surface area contributed by atoms with Gasteiger partial charge in [-0.3, -0.25) is 0 Å². The molecule has 0 aromatic heterocycles. The van der Waals surface area contributed by atoms with Crippen molar-refractivity contribution in [1.82, 2.24) is 5.32 Å². The Balaban J connectivity index is 1.90. The lowest BCUT2D eigenvalue weighted by Gasteiger charge is -2.16. The second-order valence-corrected chi connectivity index (χ2v) is 7.99. The molecule has 160 valence electrons. The number of methoxy groups -OCH3 is 1. The lowest BCUT2D eigenvalue weighted by atomic mass is 10.1. The molecule has 0 heterocycles. The Labute approximate surface area is 171 Å². The smallest absolute Gasteiger partial charge is 0.241 e. The highest BCUT2D eigenvalue weighted by Gasteiger charge is 2.16. The molecule has 0 aliphatic heterocycles. The average molecular weight is 427 g/mol. The number of rotatable bonds is 11. The van der Waals surface area contributed by atoms with Gasteiger partial charge in [0.1, 0.15) is 23.1 Å². The Kier molecular flexibility index (Phi) is 8.24. The van der Waals surface area contributed by atoms with Gasteiger partial charge in [-0.15, -0.1) is 0 Å². The van der Waals surface area contributed by atoms with E-state index in [0.717, 1.165) is 5.56 Å². The van der Waals surface area contributed by atoms with Crippen molar-refractivity contribution in [3.8, 4) is 17.2 Å². The molecule has 0 bridgehead atoms. The fourth-order valence-corrected chi connectivity index (χ4v) is 3.58. The van der Waals surface area contributed by atoms with Crippen molar-refractivity contribution in [2.24, 2.45) is 5.14 Å². The molecule has 0 saturated heterocycles. The largest absolute Gasteiger partial charge is 0.495 e. The predicted octanol–water partition coefficient (Wildman–Crippen LogP) is 2.48. The predicted molar refractivity (Wildman–Crippen MR) is 109 cm³/mol. The van der Waals surface area contributed by atoms with Crippen molar-refractivity contribution in [3.63, 3.8) is 0 Å². The Hall–Kier alpha value is -2.36. The molecule has 9 heteroatoms. The topological polar surface area (TPSA) is 99.9 Å². The third-order valence-electron chi connectivity index (χ3n) is 4.13. The molecule has 0 fully saturated rings. The van der Waals surface area contributed by atoms with E-state index in [4.69, 9.17) is 19.3 Å². The van der Waals surface area contributed by atoms with Gasteiger partial charge in [0.15, 0.2) is 11.5 Å². The summed E-state index contributed by atoms with van der Waals surface area (Å²) in [5.74, 6) is 0.672. The van der Waals surface area contributed by atoms with Gasteiger partial charge in [-0.1, -0.05) is 6.07 Å². The summed E-state index contributed by atoms with van der Waals surface area (Å²) in [6, 6.07) is 9.09. The molecular weight excluding hydrogens is 399 g/mol. The van der Waals surface area contributed by atoms with Crippen LogP contribution in [0.25, 0.3) is 0 Å². The molecule has 1 atom stereocenters. The standard InChI is InChI=1S/C20H27FN2O5S/c1-4-27-17-8-6-16(21)13-19(17)28-10-9-23-14(2)11-15-5-7-18(26-3)20(12-15)29(22,24)25/h5-8,12-14,23H,4,9-11H2,1-3H3,(H2,22,24,25). The van der Waals surface area contributed by atoms with Crippen LogP contribution in [0.5, 0.6) is 17.2 Å². The molecule has 3 N–H and O–H groups in total. The van der Waals surface area contributed by atoms with E-state index < -0.39 is 15.8 Å². The van der Waals surface area contributed by atoms with Crippen molar-refractivity contribution in [2.45, 2.75) is 31.2 Å². The van der Waals surface area contributed by atoms with Crippen molar-refractivity contribution < 1.29 is 27.0 Å². The van der Waals surface area contributed by atoms with Crippen LogP contribution in [0.1, 0.15) is 19.4 Å². The van der Waals surface area contributed by atoms with Gasteiger partial charge in [-0.05, 0) is 50.1 Å². The van der Waals surface area contributed by atoms with Gasteiger partial charge >= 0.3 is 0 Å². The van der Waals surface area contributed by atoms with Crippen LogP contribution < -0.4 is 24.7 Å². The SMILES string of the molecule is CCOc1ccc(F)cc1OCCNC(C)Cc1ccc(OC)c(S(N)(=O)=O)c1. The summed E-state index contributed by atoms with van der Waals surface area (Å²) in [4.78, 5) is -0.0393. The summed E-state index contributed by atoms with van der Waals surface area (Å²) in [7, 11) is -2.48. The van der Waals surface area contributed by atoms with Gasteiger partial charge in [-0.25, -0.2) is 17.9 Å². The minimum absolute atomic E-state index is 0.0393. The summed E-state index contributed by atoms with van der Waals surface area (Å²) in [6.45, 7) is 5.10. The van der Waals surface area contributed by atoms with E-state index in [1.807, 2.05) is 13.8 Å². The minimum Gasteiger partial charge on any atom is -0.495 e. The summed E-state index contributed by atoms with van der Waals surface area (Å²) in [5.41, 5.74) is 0.805. The zero-order chi connectivity index (χ0) is 21.4. The van der Waals surface area contributed by atoms with Crippen molar-refractivity contribution in [2.75, 3.05) is 26.9 Å². The monoisotopic (exact) mass is 426 g/mol. The quantitative estimate of drug-likeness (QED) is 0.536. The number of hydrogen-bond acceptors (Lipinski definition) is 6. The zero-order valence-corrected chi connectivity index (χ0v) is 17.6. The third-order valence-corrected chi connectivity index (χ3v) is 5.07. The molecule has 0 aliphatic rings. The van der Waals surface area contributed by atoms with Crippen LogP contribution >= 0.6 is 0 Å². The van der Waals surface area contributed by atoms with E-state index in [0.29, 0.717) is 37.7 Å². The first kappa shape index (κ1) is 22.9. The second-order valence-electron chi connectivity index (χ2n) is 6.46. The van der Waals surface area contributed by atoms with Crippen LogP contribution in [-0.4, -0.2) is 41.3 Å². The molecule has 0 radical (unpaired) electrons. The number of benzene rings is 2. The fraction of sp³-hybridized carbons (Fsp3) is 0.400. The van der Waals surface area contributed by atoms with Gasteiger partial charge in [0.25, 0.3) is 0 Å². The molecule has 0 aliphatic carbocycles. The lowest BCUT2D eigenvalue weighted by molar-refractivity contribution is 0.271. The van der Waals surface area contributed by atoms with Crippen molar-refractivity contribution in [3.05, 3.63) is 47.8 Å². The first-order chi connectivity index (χ1) is 13.7. The maximum Gasteiger partial charge on any atom is 0.241 e. The number of hydrogen-bond donors (Lipinski definition) is 2. The van der Waals surface area contributed by atoms with E-state index in [2.05, 4.69) is 5.32 Å². The Morgan fingerprint density at radius 3 is 2.48 bits per heavy atom. The van der Waals surface area contributed by atoms with Gasteiger partial charge in [-0.2, -0.15) is 0 Å². The van der Waals surface area contributed by atoms with Gasteiger partial charge in [0, 0.05) is 18.7 Å².